The summed E-state index contributed by atoms with van der Waals surface area (Å²) in [6.45, 7) is 7.76. The highest BCUT2D eigenvalue weighted by atomic mass is 79.9. The second-order valence-electron chi connectivity index (χ2n) is 8.96. The Hall–Kier alpha value is -2.84. The van der Waals surface area contributed by atoms with Gasteiger partial charge in [-0.3, -0.25) is 0 Å². The van der Waals surface area contributed by atoms with E-state index in [1.807, 2.05) is 39.8 Å². The fourth-order valence-electron chi connectivity index (χ4n) is 5.61. The van der Waals surface area contributed by atoms with Crippen LogP contribution >= 0.6 is 31.9 Å². The van der Waals surface area contributed by atoms with Crippen molar-refractivity contribution in [3.63, 3.8) is 0 Å². The zero-order valence-corrected chi connectivity index (χ0v) is 24.2. The number of phenols is 2. The van der Waals surface area contributed by atoms with Crippen LogP contribution in [0.5, 0.6) is 11.5 Å². The standard InChI is InChI=1S/C29H28Br2O6/c1-5-14-12-20(30)25(32)16(7-3)23(14)29(24-15(6-2)13-21(31)26(33)17(24)8-4)19-11-9-10-18(27(34)35)22(19)28(36)37-29/h9-13,32-33H,5-8H2,1-4H3,(H,34,35). The summed E-state index contributed by atoms with van der Waals surface area (Å²) >= 11 is 6.93. The molecule has 0 spiro atoms. The van der Waals surface area contributed by atoms with Gasteiger partial charge in [-0.05, 0) is 86.9 Å². The third-order valence-electron chi connectivity index (χ3n) is 7.17. The molecule has 0 bridgehead atoms. The predicted molar refractivity (Wildman–Crippen MR) is 148 cm³/mol. The number of ether oxygens (including phenoxy) is 1. The Morgan fingerprint density at radius 3 is 1.76 bits per heavy atom. The molecule has 0 aliphatic carbocycles. The molecule has 1 aliphatic rings. The van der Waals surface area contributed by atoms with Gasteiger partial charge in [0.05, 0.1) is 20.1 Å². The van der Waals surface area contributed by atoms with E-state index in [1.165, 1.54) is 6.07 Å². The molecule has 0 saturated carbocycles. The topological polar surface area (TPSA) is 104 Å². The van der Waals surface area contributed by atoms with E-state index in [4.69, 9.17) is 4.74 Å². The molecule has 0 amide bonds. The Morgan fingerprint density at radius 2 is 1.35 bits per heavy atom. The highest BCUT2D eigenvalue weighted by Gasteiger charge is 2.54. The molecule has 1 heterocycles. The zero-order chi connectivity index (χ0) is 27.2. The first-order valence-electron chi connectivity index (χ1n) is 12.3. The first-order valence-corrected chi connectivity index (χ1v) is 13.8. The van der Waals surface area contributed by atoms with Gasteiger partial charge in [-0.2, -0.15) is 0 Å². The van der Waals surface area contributed by atoms with Crippen molar-refractivity contribution >= 4 is 43.8 Å². The maximum atomic E-state index is 13.6. The number of cyclic esters (lactones) is 1. The van der Waals surface area contributed by atoms with Crippen LogP contribution in [0.15, 0.2) is 39.3 Å². The van der Waals surface area contributed by atoms with Crippen LogP contribution in [0.4, 0.5) is 0 Å². The highest BCUT2D eigenvalue weighted by molar-refractivity contribution is 9.10. The molecule has 194 valence electrons. The molecule has 0 atom stereocenters. The van der Waals surface area contributed by atoms with E-state index < -0.39 is 17.5 Å². The lowest BCUT2D eigenvalue weighted by molar-refractivity contribution is 0.0238. The summed E-state index contributed by atoms with van der Waals surface area (Å²) < 4.78 is 7.43. The van der Waals surface area contributed by atoms with Crippen molar-refractivity contribution < 1.29 is 29.6 Å². The van der Waals surface area contributed by atoms with Gasteiger partial charge in [0.1, 0.15) is 11.5 Å². The number of aromatic hydroxyl groups is 2. The van der Waals surface area contributed by atoms with Crippen molar-refractivity contribution in [2.75, 3.05) is 0 Å². The highest BCUT2D eigenvalue weighted by Crippen LogP contribution is 2.55. The number of carbonyl (C=O) groups excluding carboxylic acids is 1. The summed E-state index contributed by atoms with van der Waals surface area (Å²) in [7, 11) is 0. The van der Waals surface area contributed by atoms with Gasteiger partial charge < -0.3 is 20.1 Å². The van der Waals surface area contributed by atoms with Crippen molar-refractivity contribution in [3.05, 3.63) is 89.3 Å². The van der Waals surface area contributed by atoms with Crippen LogP contribution in [0.25, 0.3) is 0 Å². The molecule has 3 N–H and O–H groups in total. The normalized spacial score (nSPS) is 13.9. The summed E-state index contributed by atoms with van der Waals surface area (Å²) in [5.74, 6) is -1.93. The number of carboxylic acid groups (broad SMARTS) is 1. The third kappa shape index (κ3) is 3.96. The molecule has 0 fully saturated rings. The summed E-state index contributed by atoms with van der Waals surface area (Å²) in [5.41, 5.74) is 2.64. The quantitative estimate of drug-likeness (QED) is 0.242. The SMILES string of the molecule is CCc1cc(Br)c(O)c(CC)c1C1(c2c(CC)cc(Br)c(O)c2CC)OC(=O)c2c(C(=O)O)cccc21. The smallest absolute Gasteiger partial charge is 0.341 e. The predicted octanol–water partition coefficient (Wildman–Crippen LogP) is 7.03. The second-order valence-corrected chi connectivity index (χ2v) is 10.7. The number of carbonyl (C=O) groups is 2. The van der Waals surface area contributed by atoms with Crippen molar-refractivity contribution in [3.8, 4) is 11.5 Å². The number of rotatable bonds is 7. The number of fused-ring (bicyclic) bond motifs is 1. The number of benzene rings is 3. The van der Waals surface area contributed by atoms with Crippen LogP contribution in [0.3, 0.4) is 0 Å². The lowest BCUT2D eigenvalue weighted by atomic mass is 9.71. The lowest BCUT2D eigenvalue weighted by Gasteiger charge is -2.37. The Morgan fingerprint density at radius 1 is 0.865 bits per heavy atom. The minimum Gasteiger partial charge on any atom is -0.506 e. The van der Waals surface area contributed by atoms with E-state index in [0.29, 0.717) is 62.4 Å². The molecule has 6 nitrogen and oxygen atoms in total. The number of aryl methyl sites for hydroxylation is 2. The molecule has 0 aromatic heterocycles. The van der Waals surface area contributed by atoms with Gasteiger partial charge in [0.15, 0.2) is 5.60 Å². The molecule has 37 heavy (non-hydrogen) atoms. The van der Waals surface area contributed by atoms with E-state index in [-0.39, 0.29) is 22.6 Å². The average molecular weight is 632 g/mol. The molecule has 4 rings (SSSR count). The van der Waals surface area contributed by atoms with Crippen molar-refractivity contribution in [1.29, 1.82) is 0 Å². The van der Waals surface area contributed by atoms with Gasteiger partial charge in [0.25, 0.3) is 0 Å². The molecule has 3 aromatic rings. The average Bonchev–Trinajstić information content (AvgIpc) is 3.18. The van der Waals surface area contributed by atoms with Crippen molar-refractivity contribution in [2.45, 2.75) is 59.0 Å². The molecular formula is C29H28Br2O6. The minimum absolute atomic E-state index is 0.0203. The van der Waals surface area contributed by atoms with Gasteiger partial charge >= 0.3 is 11.9 Å². The largest absolute Gasteiger partial charge is 0.506 e. The number of esters is 1. The fraction of sp³-hybridized carbons (Fsp3) is 0.310. The van der Waals surface area contributed by atoms with Gasteiger partial charge in [0, 0.05) is 27.8 Å². The summed E-state index contributed by atoms with van der Waals surface area (Å²) in [5, 5.41) is 32.3. The number of halogens is 2. The van der Waals surface area contributed by atoms with Crippen LogP contribution in [0.2, 0.25) is 0 Å². The monoisotopic (exact) mass is 630 g/mol. The number of carboxylic acids is 1. The Kier molecular flexibility index (Phi) is 7.45. The van der Waals surface area contributed by atoms with E-state index >= 15 is 0 Å². The van der Waals surface area contributed by atoms with Crippen LogP contribution in [0, 0.1) is 0 Å². The molecule has 0 unspecified atom stereocenters. The number of aromatic carboxylic acids is 1. The van der Waals surface area contributed by atoms with Crippen LogP contribution in [-0.2, 0) is 36.0 Å². The van der Waals surface area contributed by atoms with Crippen molar-refractivity contribution in [1.82, 2.24) is 0 Å². The number of hydrogen-bond donors (Lipinski definition) is 3. The molecule has 8 heteroatoms. The van der Waals surface area contributed by atoms with Gasteiger partial charge in [-0.25, -0.2) is 9.59 Å². The Bertz CT molecular complexity index is 1380. The minimum atomic E-state index is -1.58. The van der Waals surface area contributed by atoms with E-state index in [2.05, 4.69) is 31.9 Å². The third-order valence-corrected chi connectivity index (χ3v) is 8.38. The number of hydrogen-bond acceptors (Lipinski definition) is 5. The van der Waals surface area contributed by atoms with Crippen LogP contribution < -0.4 is 0 Å². The van der Waals surface area contributed by atoms with Gasteiger partial charge in [-0.15, -0.1) is 0 Å². The Labute approximate surface area is 232 Å². The van der Waals surface area contributed by atoms with E-state index in [1.54, 1.807) is 12.1 Å². The van der Waals surface area contributed by atoms with Crippen LogP contribution in [-0.4, -0.2) is 27.3 Å². The molecule has 0 saturated heterocycles. The molecule has 1 aliphatic heterocycles. The number of phenolic OH excluding ortho intramolecular Hbond substituents is 2. The van der Waals surface area contributed by atoms with Crippen LogP contribution in [0.1, 0.15) is 87.4 Å². The lowest BCUT2D eigenvalue weighted by Crippen LogP contribution is -2.35. The maximum Gasteiger partial charge on any atom is 0.341 e. The summed E-state index contributed by atoms with van der Waals surface area (Å²) in [6, 6.07) is 8.33. The summed E-state index contributed by atoms with van der Waals surface area (Å²) in [6.07, 6.45) is 1.96. The van der Waals surface area contributed by atoms with E-state index in [9.17, 15) is 24.9 Å². The first kappa shape index (κ1) is 27.2. The summed E-state index contributed by atoms with van der Waals surface area (Å²) in [4.78, 5) is 25.8. The molecule has 0 radical (unpaired) electrons. The van der Waals surface area contributed by atoms with Crippen molar-refractivity contribution in [2.24, 2.45) is 0 Å². The zero-order valence-electron chi connectivity index (χ0n) is 21.0. The van der Waals surface area contributed by atoms with Gasteiger partial charge in [-0.1, -0.05) is 39.8 Å². The van der Waals surface area contributed by atoms with E-state index in [0.717, 1.165) is 11.1 Å². The Balaban J connectivity index is 2.35. The molecular weight excluding hydrogens is 604 g/mol. The second kappa shape index (κ2) is 10.1. The molecule has 3 aromatic carbocycles. The fourth-order valence-corrected chi connectivity index (χ4v) is 6.64. The van der Waals surface area contributed by atoms with Gasteiger partial charge in [0.2, 0.25) is 0 Å². The maximum absolute atomic E-state index is 13.6. The first-order chi connectivity index (χ1) is 17.6.